The maximum atomic E-state index is 11.6. The Morgan fingerprint density at radius 1 is 0.387 bits per heavy atom. The molecule has 6 fully saturated rings. The molecule has 7 unspecified atom stereocenters. The number of ether oxygens (including phenoxy) is 12. The summed E-state index contributed by atoms with van der Waals surface area (Å²) >= 11 is 0. The molecule has 780 valence electrons. The van der Waals surface area contributed by atoms with E-state index in [1.807, 2.05) is 85.7 Å². The number of hydrogen-bond acceptors (Lipinski definition) is 23. The van der Waals surface area contributed by atoms with E-state index in [-0.39, 0.29) is 101 Å². The van der Waals surface area contributed by atoms with Crippen molar-refractivity contribution in [1.29, 1.82) is 0 Å². The molecule has 0 amide bonds. The zero-order valence-electron chi connectivity index (χ0n) is 90.0. The summed E-state index contributed by atoms with van der Waals surface area (Å²) < 4.78 is 60.2. The summed E-state index contributed by atoms with van der Waals surface area (Å²) in [5.41, 5.74) is 4.77. The highest BCUT2D eigenvalue weighted by molar-refractivity contribution is 5.90. The number of carbonyl (C=O) groups is 11. The molecule has 0 radical (unpaired) electrons. The van der Waals surface area contributed by atoms with E-state index in [4.69, 9.17) is 52.1 Å². The van der Waals surface area contributed by atoms with Crippen LogP contribution in [0.15, 0.2) is 166 Å². The highest BCUT2D eigenvalue weighted by atomic mass is 16.7. The average molecular weight is 1920 g/mol. The lowest BCUT2D eigenvalue weighted by molar-refractivity contribution is -0.165. The lowest BCUT2D eigenvalue weighted by atomic mass is 9.70. The van der Waals surface area contributed by atoms with E-state index in [1.165, 1.54) is 153 Å². The third kappa shape index (κ3) is 62.9. The molecular formula is C114H186O23. The topological polar surface area (TPSA) is 299 Å². The van der Waals surface area contributed by atoms with Gasteiger partial charge in [-0.05, 0) is 221 Å². The van der Waals surface area contributed by atoms with Gasteiger partial charge in [0.15, 0.2) is 0 Å². The fourth-order valence-corrected chi connectivity index (χ4v) is 14.8. The SMILES string of the molecule is C=C(C)C(=O)OC(C)(C)C.C=C(C)C(=O)OC1CC2CCC1(C)C2(C)C.C=C(C)C(=O)OC1CCCCC1.C=C(C)C(=O)OC1CCCO1.C=C(C)C(=O)OCC.C=C(C)C(=O)OCC(C)C.C=C(C)C(=O)OCCCC.C=C(C)C(=O)OCc1ccccc1.C=CC(=O)OC(C)(C)C.C=CC(=O)OC1CC2CCC1(C)C2(C)C.C=CC(=O)OCCCCCCCCCCCCCCCCCC. The van der Waals surface area contributed by atoms with E-state index >= 15 is 0 Å². The van der Waals surface area contributed by atoms with Gasteiger partial charge in [-0.25, -0.2) is 52.7 Å². The fourth-order valence-electron chi connectivity index (χ4n) is 14.8. The van der Waals surface area contributed by atoms with Crippen molar-refractivity contribution < 1.29 is 110 Å². The summed E-state index contributed by atoms with van der Waals surface area (Å²) in [4.78, 5) is 120. The predicted octanol–water partition coefficient (Wildman–Crippen LogP) is 27.4. The van der Waals surface area contributed by atoms with Gasteiger partial charge < -0.3 is 56.8 Å². The lowest BCUT2D eigenvalue weighted by Gasteiger charge is -2.38. The molecule has 1 aromatic rings. The molecule has 1 aromatic carbocycles. The van der Waals surface area contributed by atoms with Gasteiger partial charge in [-0.3, -0.25) is 0 Å². The van der Waals surface area contributed by atoms with E-state index in [0.717, 1.165) is 69.4 Å². The first-order chi connectivity index (χ1) is 63.8. The van der Waals surface area contributed by atoms with E-state index in [2.05, 4.69) is 132 Å². The Balaban J connectivity index is -0.000000720. The first-order valence-electron chi connectivity index (χ1n) is 49.7. The van der Waals surface area contributed by atoms with Gasteiger partial charge in [0.1, 0.15) is 36.1 Å². The molecule has 23 heteroatoms. The Morgan fingerprint density at radius 3 is 1.08 bits per heavy atom. The van der Waals surface area contributed by atoms with Gasteiger partial charge >= 0.3 is 65.7 Å². The largest absolute Gasteiger partial charge is 0.463 e. The van der Waals surface area contributed by atoms with Crippen LogP contribution < -0.4 is 0 Å². The van der Waals surface area contributed by atoms with Crippen LogP contribution in [0.4, 0.5) is 0 Å². The maximum absolute atomic E-state index is 11.6. The Labute approximate surface area is 828 Å². The minimum Gasteiger partial charge on any atom is -0.463 e. The molecule has 23 nitrogen and oxygen atoms in total. The summed E-state index contributed by atoms with van der Waals surface area (Å²) in [6.07, 6.45) is 41.8. The highest BCUT2D eigenvalue weighted by Gasteiger charge is 2.64. The molecule has 4 bridgehead atoms. The molecule has 0 aromatic heterocycles. The lowest BCUT2D eigenvalue weighted by Crippen LogP contribution is -2.38. The summed E-state index contributed by atoms with van der Waals surface area (Å²) in [6, 6.07) is 9.55. The van der Waals surface area contributed by atoms with Crippen molar-refractivity contribution in [3.63, 3.8) is 0 Å². The zero-order valence-corrected chi connectivity index (χ0v) is 90.0. The Morgan fingerprint density at radius 2 is 0.752 bits per heavy atom. The highest BCUT2D eigenvalue weighted by Crippen LogP contribution is 2.67. The molecule has 1 heterocycles. The van der Waals surface area contributed by atoms with E-state index in [0.29, 0.717) is 113 Å². The first kappa shape index (κ1) is 134. The van der Waals surface area contributed by atoms with Crippen LogP contribution >= 0.6 is 0 Å². The van der Waals surface area contributed by atoms with Crippen LogP contribution in [0.25, 0.3) is 0 Å². The van der Waals surface area contributed by atoms with Crippen LogP contribution in [-0.4, -0.2) is 135 Å². The zero-order chi connectivity index (χ0) is 106. The third-order valence-corrected chi connectivity index (χ3v) is 24.0. The van der Waals surface area contributed by atoms with Crippen molar-refractivity contribution in [1.82, 2.24) is 0 Å². The second-order valence-electron chi connectivity index (χ2n) is 40.2. The second kappa shape index (κ2) is 73.6. The van der Waals surface area contributed by atoms with Crippen molar-refractivity contribution >= 4 is 65.7 Å². The van der Waals surface area contributed by atoms with Crippen molar-refractivity contribution in [3.05, 3.63) is 171 Å². The molecule has 7 rings (SSSR count). The minimum atomic E-state index is -0.407. The fraction of sp³-hybridized carbons (Fsp3) is 0.658. The van der Waals surface area contributed by atoms with Gasteiger partial charge in [0.25, 0.3) is 0 Å². The minimum absolute atomic E-state index is 0.0884. The van der Waals surface area contributed by atoms with Crippen LogP contribution in [-0.2, 0) is 116 Å². The molecule has 1 saturated heterocycles. The first-order valence-corrected chi connectivity index (χ1v) is 49.7. The van der Waals surface area contributed by atoms with Crippen LogP contribution in [0.3, 0.4) is 0 Å². The normalized spacial score (nSPS) is 18.7. The quantitative estimate of drug-likeness (QED) is 0.0255. The average Bonchev–Trinajstić information content (AvgIpc) is 1.55. The second-order valence-corrected chi connectivity index (χ2v) is 40.2. The van der Waals surface area contributed by atoms with Crippen molar-refractivity contribution in [2.45, 2.75) is 415 Å². The Bertz CT molecular complexity index is 3880. The molecule has 5 aliphatic carbocycles. The van der Waals surface area contributed by atoms with Gasteiger partial charge in [-0.2, -0.15) is 0 Å². The molecule has 137 heavy (non-hydrogen) atoms. The molecular weight excluding hydrogens is 1740 g/mol. The van der Waals surface area contributed by atoms with E-state index in [1.54, 1.807) is 62.3 Å². The van der Waals surface area contributed by atoms with Gasteiger partial charge in [0.05, 0.1) is 33.0 Å². The number of esters is 11. The molecule has 7 atom stereocenters. The van der Waals surface area contributed by atoms with Gasteiger partial charge in [-0.15, -0.1) is 0 Å². The molecule has 6 aliphatic rings. The van der Waals surface area contributed by atoms with Crippen LogP contribution in [0.1, 0.15) is 378 Å². The number of unbranched alkanes of at least 4 members (excludes halogenated alkanes) is 16. The van der Waals surface area contributed by atoms with Gasteiger partial charge in [0, 0.05) is 80.1 Å². The van der Waals surface area contributed by atoms with Crippen LogP contribution in [0.2, 0.25) is 0 Å². The standard InChI is InChI=1S/C21H40O2.C14H22O2.C13H20O2.C11H12O2.C10H16O2.C8H12O3.3C8H14O2.C7H12O2.C6H10O2/c1-3-5-6-7-8-9-10-11-12-13-14-15-16-17-18-19-20-23-21(22)4-2;1-9(2)12(15)16-11-8-10-6-7-14(11,5)13(10,3)4;1-5-11(14)15-10-8-9-6-7-13(10,4)12(9,2)3;1-9(2)11(12)13-8-10-6-4-3-5-7-10;1-8(2)10(11)12-9-6-4-3-5-7-9;1-6(2)8(9)11-7-4-3-5-10-7;1-6(2)7(9)10-8(3,4)5;1-6(2)5-10-8(9)7(3)4;1-4-5-6-10-8(9)7(2)3;1-5-6(8)9-7(2,3)4;1-4-8-6(7)5(2)3/h4H,2-3,5-20H2,1H3;10-11H,1,6-8H2,2-5H3;5,9-10H,1,6-8H2,2-4H3;3-7H,1,8H2,2H3;9H,1,3-7H2,2H3;7H,1,3-5H2,2H3;1H2,2-5H3;6H,3,5H2,1-2,4H3;2,4-6H2,1,3H3;5H,1H2,2-4H3;2,4H2,1,3H3. The summed E-state index contributed by atoms with van der Waals surface area (Å²) in [6.45, 7) is 89.0. The Kier molecular flexibility index (Phi) is 71.9. The van der Waals surface area contributed by atoms with Crippen molar-refractivity contribution in [2.24, 2.45) is 39.4 Å². The van der Waals surface area contributed by atoms with Crippen LogP contribution in [0.5, 0.6) is 0 Å². The maximum Gasteiger partial charge on any atom is 0.335 e. The summed E-state index contributed by atoms with van der Waals surface area (Å²) in [5, 5.41) is 0. The summed E-state index contributed by atoms with van der Waals surface area (Å²) in [7, 11) is 0. The number of hydrogen-bond donors (Lipinski definition) is 0. The molecule has 5 saturated carbocycles. The number of benzene rings is 1. The van der Waals surface area contributed by atoms with Crippen molar-refractivity contribution in [2.75, 3.05) is 33.0 Å². The molecule has 0 N–H and O–H groups in total. The molecule has 1 aliphatic heterocycles. The van der Waals surface area contributed by atoms with E-state index < -0.39 is 11.2 Å². The monoisotopic (exact) mass is 1920 g/mol. The molecule has 0 spiro atoms. The Hall–Kier alpha value is -9.51. The van der Waals surface area contributed by atoms with Gasteiger partial charge in [0.2, 0.25) is 6.29 Å². The number of carbonyl (C=O) groups excluding carboxylic acids is 11. The van der Waals surface area contributed by atoms with Crippen LogP contribution in [0, 0.1) is 39.4 Å². The van der Waals surface area contributed by atoms with Gasteiger partial charge in [-0.1, -0.05) is 281 Å². The smallest absolute Gasteiger partial charge is 0.335 e. The van der Waals surface area contributed by atoms with E-state index in [9.17, 15) is 52.7 Å². The number of rotatable bonds is 40. The van der Waals surface area contributed by atoms with Crippen molar-refractivity contribution in [3.8, 4) is 0 Å². The summed E-state index contributed by atoms with van der Waals surface area (Å²) in [5.74, 6) is -1.52. The number of fused-ring (bicyclic) bond motifs is 4. The third-order valence-electron chi connectivity index (χ3n) is 24.0. The predicted molar refractivity (Wildman–Crippen MR) is 552 cm³/mol.